The predicted molar refractivity (Wildman–Crippen MR) is 146 cm³/mol. The summed E-state index contributed by atoms with van der Waals surface area (Å²) in [7, 11) is 4.08. The maximum atomic E-state index is 13.6. The van der Waals surface area contributed by atoms with Gasteiger partial charge < -0.3 is 25.6 Å². The molecule has 4 heterocycles. The molecule has 2 aliphatic heterocycles. The van der Waals surface area contributed by atoms with Crippen molar-refractivity contribution in [3.8, 4) is 12.1 Å². The first-order chi connectivity index (χ1) is 18.4. The third kappa shape index (κ3) is 5.32. The number of nitrogens with zero attached hydrogens (tertiary/aromatic N) is 7. The number of likely N-dealkylation sites (N-methyl/N-ethyl adjacent to an activating group) is 2. The number of anilines is 3. The van der Waals surface area contributed by atoms with Gasteiger partial charge >= 0.3 is 6.01 Å². The lowest BCUT2D eigenvalue weighted by Crippen LogP contribution is -2.51. The van der Waals surface area contributed by atoms with Crippen LogP contribution in [0, 0.1) is 11.3 Å². The van der Waals surface area contributed by atoms with Crippen LogP contribution in [-0.2, 0) is 0 Å². The number of carbonyl (C=O) groups excluding carboxylic acids is 1. The van der Waals surface area contributed by atoms with Crippen LogP contribution in [0.5, 0.6) is 6.01 Å². The number of carbonyl (C=O) groups is 1. The molecule has 0 spiro atoms. The number of likely N-dealkylation sites (tertiary alicyclic amines) is 1. The number of rotatable bonds is 7. The zero-order valence-corrected chi connectivity index (χ0v) is 21.8. The largest absolute Gasteiger partial charge is 0.462 e. The molecule has 5 rings (SSSR count). The van der Waals surface area contributed by atoms with Gasteiger partial charge in [-0.2, -0.15) is 15.2 Å². The van der Waals surface area contributed by atoms with Crippen molar-refractivity contribution in [1.82, 2.24) is 24.8 Å². The summed E-state index contributed by atoms with van der Waals surface area (Å²) in [5.41, 5.74) is 8.19. The van der Waals surface area contributed by atoms with Gasteiger partial charge in [0.1, 0.15) is 12.3 Å². The van der Waals surface area contributed by atoms with E-state index in [2.05, 4.69) is 43.2 Å². The Morgan fingerprint density at radius 2 is 2.00 bits per heavy atom. The zero-order chi connectivity index (χ0) is 26.6. The minimum Gasteiger partial charge on any atom is -0.462 e. The number of nitrogens with two attached hydrogens (primary N) is 1. The molecule has 2 aromatic heterocycles. The Hall–Kier alpha value is -4.01. The van der Waals surface area contributed by atoms with Crippen LogP contribution >= 0.6 is 0 Å². The van der Waals surface area contributed by atoms with E-state index in [9.17, 15) is 10.1 Å². The van der Waals surface area contributed by atoms with E-state index >= 15 is 0 Å². The van der Waals surface area contributed by atoms with Crippen molar-refractivity contribution in [2.24, 2.45) is 0 Å². The van der Waals surface area contributed by atoms with Crippen molar-refractivity contribution < 1.29 is 9.53 Å². The molecule has 3 N–H and O–H groups in total. The molecule has 0 unspecified atom stereocenters. The number of aromatic nitrogens is 3. The summed E-state index contributed by atoms with van der Waals surface area (Å²) in [5, 5.41) is 13.1. The normalized spacial score (nSPS) is 20.4. The Bertz CT molecular complexity index is 1350. The standard InChI is InChI=1S/C27H33N9O2/c1-34-13-5-6-19(34)17-38-27-32-24(26(37)31-22-9-3-8-21-20(22)7-4-12-30-21)23(29)25(33-27)36-15-14-35(2)18(16-36)10-11-28/h3-4,7-9,12,18-19H,5-6,10,13-17,29H2,1-2H3,(H,31,37)/t18-,19-/m0/s1. The third-order valence-electron chi connectivity index (χ3n) is 7.49. The lowest BCUT2D eigenvalue weighted by molar-refractivity contribution is 0.102. The SMILES string of the molecule is CN1CCC[C@H]1COc1nc(C(=O)Nc2cccc3ncccc23)c(N)c(N2CCN(C)[C@@H](CC#N)C2)n1. The molecule has 2 atom stereocenters. The smallest absolute Gasteiger partial charge is 0.319 e. The Balaban J connectivity index is 1.47. The van der Waals surface area contributed by atoms with Crippen LogP contribution in [0.25, 0.3) is 10.9 Å². The number of hydrogen-bond donors (Lipinski definition) is 2. The van der Waals surface area contributed by atoms with Crippen LogP contribution in [-0.4, -0.2) is 89.6 Å². The van der Waals surface area contributed by atoms with Gasteiger partial charge in [-0.15, -0.1) is 0 Å². The van der Waals surface area contributed by atoms with Gasteiger partial charge in [0.25, 0.3) is 5.91 Å². The first-order valence-electron chi connectivity index (χ1n) is 12.9. The molecule has 11 nitrogen and oxygen atoms in total. The highest BCUT2D eigenvalue weighted by Gasteiger charge is 2.30. The molecule has 0 saturated carbocycles. The second-order valence-corrected chi connectivity index (χ2v) is 9.95. The molecule has 2 fully saturated rings. The van der Waals surface area contributed by atoms with E-state index in [4.69, 9.17) is 10.5 Å². The quantitative estimate of drug-likeness (QED) is 0.482. The lowest BCUT2D eigenvalue weighted by Gasteiger charge is -2.39. The zero-order valence-electron chi connectivity index (χ0n) is 21.8. The number of hydrogen-bond acceptors (Lipinski definition) is 10. The molecule has 3 aromatic rings. The summed E-state index contributed by atoms with van der Waals surface area (Å²) in [6.07, 6.45) is 4.25. The molecular weight excluding hydrogens is 482 g/mol. The number of benzene rings is 1. The second-order valence-electron chi connectivity index (χ2n) is 9.95. The summed E-state index contributed by atoms with van der Waals surface area (Å²) in [6, 6.07) is 12.0. The summed E-state index contributed by atoms with van der Waals surface area (Å²) in [4.78, 5) is 33.5. The van der Waals surface area contributed by atoms with E-state index in [0.717, 1.165) is 36.8 Å². The van der Waals surface area contributed by atoms with E-state index in [-0.39, 0.29) is 29.5 Å². The van der Waals surface area contributed by atoms with Crippen molar-refractivity contribution in [3.05, 3.63) is 42.2 Å². The van der Waals surface area contributed by atoms with Gasteiger partial charge in [0, 0.05) is 43.3 Å². The molecule has 198 valence electrons. The lowest BCUT2D eigenvalue weighted by atomic mass is 10.1. The topological polar surface area (TPSA) is 137 Å². The molecule has 11 heteroatoms. The van der Waals surface area contributed by atoms with E-state index < -0.39 is 5.91 Å². The molecule has 0 aliphatic carbocycles. The Kier molecular flexibility index (Phi) is 7.53. The van der Waals surface area contributed by atoms with E-state index in [1.165, 1.54) is 0 Å². The van der Waals surface area contributed by atoms with Gasteiger partial charge in [-0.1, -0.05) is 6.07 Å². The van der Waals surface area contributed by atoms with Gasteiger partial charge in [-0.05, 0) is 57.7 Å². The highest BCUT2D eigenvalue weighted by atomic mass is 16.5. The number of piperazine rings is 1. The van der Waals surface area contributed by atoms with Gasteiger partial charge in [-0.25, -0.2) is 0 Å². The van der Waals surface area contributed by atoms with Crippen molar-refractivity contribution in [2.75, 3.05) is 62.8 Å². The average molecular weight is 516 g/mol. The maximum absolute atomic E-state index is 13.6. The molecule has 1 amide bonds. The summed E-state index contributed by atoms with van der Waals surface area (Å²) in [6.45, 7) is 3.41. The summed E-state index contributed by atoms with van der Waals surface area (Å²) >= 11 is 0. The van der Waals surface area contributed by atoms with Crippen molar-refractivity contribution >= 4 is 34.0 Å². The minimum atomic E-state index is -0.451. The van der Waals surface area contributed by atoms with Gasteiger partial charge in [0.15, 0.2) is 11.5 Å². The number of amides is 1. The van der Waals surface area contributed by atoms with Crippen LogP contribution in [0.15, 0.2) is 36.5 Å². The van der Waals surface area contributed by atoms with Crippen LogP contribution < -0.4 is 20.7 Å². The Morgan fingerprint density at radius 3 is 2.79 bits per heavy atom. The van der Waals surface area contributed by atoms with E-state index in [0.29, 0.717) is 37.6 Å². The second kappa shape index (κ2) is 11.2. The first-order valence-corrected chi connectivity index (χ1v) is 12.9. The highest BCUT2D eigenvalue weighted by molar-refractivity contribution is 6.11. The molecular formula is C27H33N9O2. The summed E-state index contributed by atoms with van der Waals surface area (Å²) < 4.78 is 6.05. The van der Waals surface area contributed by atoms with E-state index in [1.807, 2.05) is 42.3 Å². The number of nitrogens with one attached hydrogen (secondary N) is 1. The predicted octanol–water partition coefficient (Wildman–Crippen LogP) is 2.37. The fourth-order valence-electron chi connectivity index (χ4n) is 5.13. The van der Waals surface area contributed by atoms with Gasteiger partial charge in [-0.3, -0.25) is 14.7 Å². The van der Waals surface area contributed by atoms with Gasteiger partial charge in [0.2, 0.25) is 0 Å². The molecule has 1 aromatic carbocycles. The highest BCUT2D eigenvalue weighted by Crippen LogP contribution is 2.30. The van der Waals surface area contributed by atoms with Crippen molar-refractivity contribution in [2.45, 2.75) is 31.3 Å². The first kappa shape index (κ1) is 25.6. The fourth-order valence-corrected chi connectivity index (χ4v) is 5.13. The van der Waals surface area contributed by atoms with Crippen LogP contribution in [0.2, 0.25) is 0 Å². The number of nitriles is 1. The molecule has 2 aliphatic rings. The molecule has 0 radical (unpaired) electrons. The average Bonchev–Trinajstić information content (AvgIpc) is 3.34. The Labute approximate surface area is 222 Å². The maximum Gasteiger partial charge on any atom is 0.319 e. The Morgan fingerprint density at radius 1 is 1.16 bits per heavy atom. The monoisotopic (exact) mass is 515 g/mol. The number of ether oxygens (including phenoxy) is 1. The number of fused-ring (bicyclic) bond motifs is 1. The van der Waals surface area contributed by atoms with Crippen LogP contribution in [0.3, 0.4) is 0 Å². The number of pyridine rings is 1. The van der Waals surface area contributed by atoms with E-state index in [1.54, 1.807) is 6.20 Å². The fraction of sp³-hybridized carbons (Fsp3) is 0.444. The number of nitrogen functional groups attached to an aromatic ring is 1. The third-order valence-corrected chi connectivity index (χ3v) is 7.49. The van der Waals surface area contributed by atoms with Gasteiger partial charge in [0.05, 0.1) is 23.7 Å². The molecule has 2 saturated heterocycles. The minimum absolute atomic E-state index is 0.0279. The molecule has 0 bridgehead atoms. The van der Waals surface area contributed by atoms with Crippen LogP contribution in [0.4, 0.5) is 17.2 Å². The van der Waals surface area contributed by atoms with Crippen molar-refractivity contribution in [1.29, 1.82) is 5.26 Å². The molecule has 38 heavy (non-hydrogen) atoms. The van der Waals surface area contributed by atoms with Crippen molar-refractivity contribution in [3.63, 3.8) is 0 Å². The van der Waals surface area contributed by atoms with Crippen LogP contribution in [0.1, 0.15) is 29.8 Å². The summed E-state index contributed by atoms with van der Waals surface area (Å²) in [5.74, 6) is 0.00333.